The smallest absolute Gasteiger partial charge is 0.327 e. The zero-order valence-corrected chi connectivity index (χ0v) is 13.5. The first-order chi connectivity index (χ1) is 9.62. The van der Waals surface area contributed by atoms with Crippen molar-refractivity contribution >= 4 is 22.4 Å². The van der Waals surface area contributed by atoms with E-state index in [0.29, 0.717) is 12.5 Å². The highest BCUT2D eigenvalue weighted by Gasteiger charge is 2.35. The SMILES string of the molecule is CC1CN(S(=O)(=O)c2cccc(C(F)(F)F)c2)CCC1N.Cl. The summed E-state index contributed by atoms with van der Waals surface area (Å²) in [6.45, 7) is 2.28. The van der Waals surface area contributed by atoms with Crippen LogP contribution in [-0.4, -0.2) is 31.9 Å². The molecule has 2 rings (SSSR count). The highest BCUT2D eigenvalue weighted by molar-refractivity contribution is 7.89. The van der Waals surface area contributed by atoms with Crippen LogP contribution < -0.4 is 5.73 Å². The second-order valence-electron chi connectivity index (χ2n) is 5.32. The summed E-state index contributed by atoms with van der Waals surface area (Å²) >= 11 is 0. The summed E-state index contributed by atoms with van der Waals surface area (Å²) in [5, 5.41) is 0. The topological polar surface area (TPSA) is 63.4 Å². The van der Waals surface area contributed by atoms with Gasteiger partial charge < -0.3 is 5.73 Å². The molecule has 0 bridgehead atoms. The molecule has 1 fully saturated rings. The lowest BCUT2D eigenvalue weighted by Gasteiger charge is -2.34. The van der Waals surface area contributed by atoms with Gasteiger partial charge in [-0.1, -0.05) is 13.0 Å². The molecule has 0 aliphatic carbocycles. The maximum Gasteiger partial charge on any atom is 0.416 e. The molecule has 0 amide bonds. The highest BCUT2D eigenvalue weighted by atomic mass is 35.5. The first-order valence-electron chi connectivity index (χ1n) is 6.55. The largest absolute Gasteiger partial charge is 0.416 e. The fourth-order valence-corrected chi connectivity index (χ4v) is 3.93. The molecule has 22 heavy (non-hydrogen) atoms. The lowest BCUT2D eigenvalue weighted by atomic mass is 9.96. The summed E-state index contributed by atoms with van der Waals surface area (Å²) in [5.74, 6) is -0.0284. The number of nitrogens with zero attached hydrogens (tertiary/aromatic N) is 1. The van der Waals surface area contributed by atoms with Gasteiger partial charge in [0.25, 0.3) is 0 Å². The Kier molecular flexibility index (Phi) is 5.88. The molecule has 1 aliphatic rings. The van der Waals surface area contributed by atoms with Crippen molar-refractivity contribution in [3.63, 3.8) is 0 Å². The van der Waals surface area contributed by atoms with Crippen LogP contribution in [0.2, 0.25) is 0 Å². The molecule has 4 nitrogen and oxygen atoms in total. The van der Waals surface area contributed by atoms with Gasteiger partial charge in [0.1, 0.15) is 0 Å². The lowest BCUT2D eigenvalue weighted by Crippen LogP contribution is -2.48. The Balaban J connectivity index is 0.00000242. The van der Waals surface area contributed by atoms with E-state index in [0.717, 1.165) is 12.1 Å². The normalized spacial score (nSPS) is 23.9. The predicted molar refractivity (Wildman–Crippen MR) is 79.2 cm³/mol. The van der Waals surface area contributed by atoms with E-state index in [1.807, 2.05) is 6.92 Å². The number of piperidine rings is 1. The number of sulfonamides is 1. The number of alkyl halides is 3. The molecule has 2 N–H and O–H groups in total. The standard InChI is InChI=1S/C13H17F3N2O2S.ClH/c1-9-8-18(6-5-12(9)17)21(19,20)11-4-2-3-10(7-11)13(14,15)16;/h2-4,7,9,12H,5-6,8,17H2,1H3;1H. The Bertz CT molecular complexity index is 622. The van der Waals surface area contributed by atoms with Crippen molar-refractivity contribution in [1.29, 1.82) is 0 Å². The van der Waals surface area contributed by atoms with Gasteiger partial charge in [-0.25, -0.2) is 8.42 Å². The summed E-state index contributed by atoms with van der Waals surface area (Å²) in [6.07, 6.45) is -4.07. The first-order valence-corrected chi connectivity index (χ1v) is 7.99. The number of halogens is 4. The first kappa shape index (κ1) is 19.2. The Morgan fingerprint density at radius 3 is 2.50 bits per heavy atom. The van der Waals surface area contributed by atoms with Gasteiger partial charge in [0, 0.05) is 19.1 Å². The number of rotatable bonds is 2. The van der Waals surface area contributed by atoms with Crippen LogP contribution >= 0.6 is 12.4 Å². The van der Waals surface area contributed by atoms with Gasteiger partial charge in [-0.05, 0) is 30.5 Å². The highest BCUT2D eigenvalue weighted by Crippen LogP contribution is 2.31. The number of hydrogen-bond donors (Lipinski definition) is 1. The van der Waals surface area contributed by atoms with Crippen LogP contribution in [-0.2, 0) is 16.2 Å². The zero-order valence-electron chi connectivity index (χ0n) is 11.9. The molecule has 2 atom stereocenters. The number of benzene rings is 1. The third-order valence-electron chi connectivity index (χ3n) is 3.73. The molecule has 1 heterocycles. The predicted octanol–water partition coefficient (Wildman–Crippen LogP) is 2.49. The van der Waals surface area contributed by atoms with E-state index in [1.165, 1.54) is 10.4 Å². The molecular formula is C13H18ClF3N2O2S. The maximum absolute atomic E-state index is 12.7. The minimum absolute atomic E-state index is 0. The molecule has 126 valence electrons. The average Bonchev–Trinajstić information content (AvgIpc) is 2.41. The van der Waals surface area contributed by atoms with Crippen molar-refractivity contribution in [3.05, 3.63) is 29.8 Å². The van der Waals surface area contributed by atoms with Gasteiger partial charge in [-0.2, -0.15) is 17.5 Å². The van der Waals surface area contributed by atoms with Gasteiger partial charge in [0.15, 0.2) is 0 Å². The fourth-order valence-electron chi connectivity index (χ4n) is 2.33. The Morgan fingerprint density at radius 1 is 1.32 bits per heavy atom. The Hall–Kier alpha value is -0.830. The third-order valence-corrected chi connectivity index (χ3v) is 5.59. The quantitative estimate of drug-likeness (QED) is 0.883. The summed E-state index contributed by atoms with van der Waals surface area (Å²) in [6, 6.07) is 3.74. The van der Waals surface area contributed by atoms with Gasteiger partial charge in [0.05, 0.1) is 10.5 Å². The van der Waals surface area contributed by atoms with Crippen molar-refractivity contribution in [3.8, 4) is 0 Å². The minimum Gasteiger partial charge on any atom is -0.327 e. The van der Waals surface area contributed by atoms with Crippen LogP contribution in [0.5, 0.6) is 0 Å². The fraction of sp³-hybridized carbons (Fsp3) is 0.538. The van der Waals surface area contributed by atoms with Crippen molar-refractivity contribution in [2.45, 2.75) is 30.5 Å². The zero-order chi connectivity index (χ0) is 15.8. The average molecular weight is 359 g/mol. The van der Waals surface area contributed by atoms with E-state index in [2.05, 4.69) is 0 Å². The molecule has 9 heteroatoms. The molecule has 1 aromatic carbocycles. The molecule has 0 saturated carbocycles. The van der Waals surface area contributed by atoms with Gasteiger partial charge >= 0.3 is 6.18 Å². The van der Waals surface area contributed by atoms with Gasteiger partial charge in [-0.3, -0.25) is 0 Å². The van der Waals surface area contributed by atoms with Crippen LogP contribution in [0.15, 0.2) is 29.2 Å². The molecule has 0 aromatic heterocycles. The lowest BCUT2D eigenvalue weighted by molar-refractivity contribution is -0.137. The summed E-state index contributed by atoms with van der Waals surface area (Å²) < 4.78 is 64.1. The molecule has 1 aliphatic heterocycles. The number of nitrogens with two attached hydrogens (primary N) is 1. The Morgan fingerprint density at radius 2 is 1.95 bits per heavy atom. The summed E-state index contributed by atoms with van der Waals surface area (Å²) in [4.78, 5) is -0.333. The van der Waals surface area contributed by atoms with E-state index < -0.39 is 21.8 Å². The van der Waals surface area contributed by atoms with Crippen LogP contribution in [0.25, 0.3) is 0 Å². The van der Waals surface area contributed by atoms with Crippen molar-refractivity contribution in [1.82, 2.24) is 4.31 Å². The van der Waals surface area contributed by atoms with E-state index in [9.17, 15) is 21.6 Å². The third kappa shape index (κ3) is 3.92. The molecule has 2 unspecified atom stereocenters. The van der Waals surface area contributed by atoms with E-state index in [-0.39, 0.29) is 42.4 Å². The second kappa shape index (κ2) is 6.74. The van der Waals surface area contributed by atoms with Crippen LogP contribution in [0.3, 0.4) is 0 Å². The maximum atomic E-state index is 12.7. The molecule has 0 radical (unpaired) electrons. The van der Waals surface area contributed by atoms with Crippen molar-refractivity contribution in [2.24, 2.45) is 11.7 Å². The van der Waals surface area contributed by atoms with Crippen LogP contribution in [0.4, 0.5) is 13.2 Å². The van der Waals surface area contributed by atoms with Crippen molar-refractivity contribution < 1.29 is 21.6 Å². The molecule has 1 saturated heterocycles. The minimum atomic E-state index is -4.57. The van der Waals surface area contributed by atoms with Crippen LogP contribution in [0, 0.1) is 5.92 Å². The summed E-state index contributed by atoms with van der Waals surface area (Å²) in [7, 11) is -3.92. The summed E-state index contributed by atoms with van der Waals surface area (Å²) in [5.41, 5.74) is 4.87. The second-order valence-corrected chi connectivity index (χ2v) is 7.26. The monoisotopic (exact) mass is 358 g/mol. The molecule has 1 aromatic rings. The Labute approximate surface area is 133 Å². The van der Waals surface area contributed by atoms with Crippen molar-refractivity contribution in [2.75, 3.05) is 13.1 Å². The van der Waals surface area contributed by atoms with Crippen LogP contribution in [0.1, 0.15) is 18.9 Å². The van der Waals surface area contributed by atoms with E-state index in [1.54, 1.807) is 0 Å². The molecule has 0 spiro atoms. The van der Waals surface area contributed by atoms with Gasteiger partial charge in [0.2, 0.25) is 10.0 Å². The van der Waals surface area contributed by atoms with E-state index >= 15 is 0 Å². The van der Waals surface area contributed by atoms with E-state index in [4.69, 9.17) is 5.73 Å². The number of hydrogen-bond acceptors (Lipinski definition) is 3. The molecular weight excluding hydrogens is 341 g/mol. The van der Waals surface area contributed by atoms with Gasteiger partial charge in [-0.15, -0.1) is 12.4 Å².